The molecule has 126 valence electrons. The van der Waals surface area contributed by atoms with Crippen molar-refractivity contribution in [2.24, 2.45) is 5.92 Å². The quantitative estimate of drug-likeness (QED) is 0.928. The molecular formula is C18H28N4O. The minimum absolute atomic E-state index is 0.254. The highest BCUT2D eigenvalue weighted by Crippen LogP contribution is 2.27. The highest BCUT2D eigenvalue weighted by atomic mass is 16.1. The number of carbonyl (C=O) groups excluding carboxylic acids is 1. The van der Waals surface area contributed by atoms with Crippen LogP contribution in [0, 0.1) is 19.8 Å². The highest BCUT2D eigenvalue weighted by Gasteiger charge is 2.25. The average molecular weight is 316 g/mol. The third-order valence-corrected chi connectivity index (χ3v) is 5.42. The standard InChI is InChI=1S/C18H28N4O/c1-13-14(2)19-12-20-18(13)22-9-7-15(8-10-22)11-17(23)21-16-5-3-4-6-16/h12,15-16H,3-11H2,1-2H3,(H,21,23). The van der Waals surface area contributed by atoms with Gasteiger partial charge in [-0.1, -0.05) is 12.8 Å². The van der Waals surface area contributed by atoms with E-state index in [0.29, 0.717) is 18.4 Å². The van der Waals surface area contributed by atoms with E-state index in [1.54, 1.807) is 6.33 Å². The Hall–Kier alpha value is -1.65. The monoisotopic (exact) mass is 316 g/mol. The maximum Gasteiger partial charge on any atom is 0.220 e. The van der Waals surface area contributed by atoms with E-state index in [9.17, 15) is 4.79 Å². The van der Waals surface area contributed by atoms with Gasteiger partial charge in [0.05, 0.1) is 0 Å². The maximum absolute atomic E-state index is 12.2. The zero-order valence-electron chi connectivity index (χ0n) is 14.3. The lowest BCUT2D eigenvalue weighted by atomic mass is 9.93. The summed E-state index contributed by atoms with van der Waals surface area (Å²) in [5, 5.41) is 3.21. The number of nitrogens with one attached hydrogen (secondary N) is 1. The summed E-state index contributed by atoms with van der Waals surface area (Å²) in [4.78, 5) is 23.2. The van der Waals surface area contributed by atoms with Gasteiger partial charge in [-0.3, -0.25) is 4.79 Å². The molecule has 1 aliphatic heterocycles. The molecule has 5 heteroatoms. The molecule has 0 unspecified atom stereocenters. The minimum Gasteiger partial charge on any atom is -0.356 e. The van der Waals surface area contributed by atoms with E-state index in [1.165, 1.54) is 18.4 Å². The predicted molar refractivity (Wildman–Crippen MR) is 91.5 cm³/mol. The number of hydrogen-bond acceptors (Lipinski definition) is 4. The lowest BCUT2D eigenvalue weighted by Crippen LogP contribution is -2.38. The van der Waals surface area contributed by atoms with E-state index in [1.807, 2.05) is 6.92 Å². The van der Waals surface area contributed by atoms with Gasteiger partial charge in [-0.15, -0.1) is 0 Å². The van der Waals surface area contributed by atoms with Crippen LogP contribution in [0.5, 0.6) is 0 Å². The van der Waals surface area contributed by atoms with Crippen LogP contribution in [-0.2, 0) is 4.79 Å². The molecule has 1 saturated carbocycles. The van der Waals surface area contributed by atoms with Crippen molar-refractivity contribution in [1.82, 2.24) is 15.3 Å². The molecule has 1 N–H and O–H groups in total. The Morgan fingerprint density at radius 2 is 1.87 bits per heavy atom. The van der Waals surface area contributed by atoms with Gasteiger partial charge in [0.2, 0.25) is 5.91 Å². The Bertz CT molecular complexity index is 546. The molecule has 2 aliphatic rings. The summed E-state index contributed by atoms with van der Waals surface area (Å²) in [6.07, 6.45) is 9.33. The van der Waals surface area contributed by atoms with Crippen LogP contribution in [0.2, 0.25) is 0 Å². The van der Waals surface area contributed by atoms with Crippen LogP contribution in [0.25, 0.3) is 0 Å². The predicted octanol–water partition coefficient (Wildman–Crippen LogP) is 2.76. The number of nitrogens with zero attached hydrogens (tertiary/aromatic N) is 3. The number of rotatable bonds is 4. The van der Waals surface area contributed by atoms with Crippen LogP contribution >= 0.6 is 0 Å². The molecule has 23 heavy (non-hydrogen) atoms. The molecule has 1 saturated heterocycles. The maximum atomic E-state index is 12.2. The van der Waals surface area contributed by atoms with Crippen molar-refractivity contribution in [2.45, 2.75) is 64.8 Å². The third-order valence-electron chi connectivity index (χ3n) is 5.42. The fourth-order valence-corrected chi connectivity index (χ4v) is 3.81. The van der Waals surface area contributed by atoms with Gasteiger partial charge in [0.25, 0.3) is 0 Å². The summed E-state index contributed by atoms with van der Waals surface area (Å²) in [7, 11) is 0. The summed E-state index contributed by atoms with van der Waals surface area (Å²) in [5.74, 6) is 1.83. The molecule has 0 radical (unpaired) electrons. The first-order chi connectivity index (χ1) is 11.1. The lowest BCUT2D eigenvalue weighted by molar-refractivity contribution is -0.122. The van der Waals surface area contributed by atoms with Crippen molar-refractivity contribution in [3.63, 3.8) is 0 Å². The van der Waals surface area contributed by atoms with E-state index >= 15 is 0 Å². The third kappa shape index (κ3) is 4.01. The Morgan fingerprint density at radius 1 is 1.17 bits per heavy atom. The number of aryl methyl sites for hydroxylation is 1. The summed E-state index contributed by atoms with van der Waals surface area (Å²) >= 11 is 0. The molecular weight excluding hydrogens is 288 g/mol. The SMILES string of the molecule is Cc1ncnc(N2CCC(CC(=O)NC3CCCC3)CC2)c1C. The second-order valence-electron chi connectivity index (χ2n) is 7.09. The number of anilines is 1. The molecule has 1 aromatic heterocycles. The number of piperidine rings is 1. The molecule has 3 rings (SSSR count). The smallest absolute Gasteiger partial charge is 0.220 e. The first-order valence-electron chi connectivity index (χ1n) is 8.96. The van der Waals surface area contributed by atoms with Gasteiger partial charge in [0, 0.05) is 36.8 Å². The summed E-state index contributed by atoms with van der Waals surface area (Å²) < 4.78 is 0. The van der Waals surface area contributed by atoms with Gasteiger partial charge in [0.1, 0.15) is 12.1 Å². The van der Waals surface area contributed by atoms with Crippen LogP contribution < -0.4 is 10.2 Å². The number of amides is 1. The van der Waals surface area contributed by atoms with Crippen molar-refractivity contribution >= 4 is 11.7 Å². The second-order valence-corrected chi connectivity index (χ2v) is 7.09. The van der Waals surface area contributed by atoms with Crippen LogP contribution in [0.3, 0.4) is 0 Å². The average Bonchev–Trinajstić information content (AvgIpc) is 3.04. The first kappa shape index (κ1) is 16.2. The van der Waals surface area contributed by atoms with E-state index < -0.39 is 0 Å². The zero-order chi connectivity index (χ0) is 16.2. The van der Waals surface area contributed by atoms with E-state index in [2.05, 4.69) is 27.1 Å². The number of hydrogen-bond donors (Lipinski definition) is 1. The number of aromatic nitrogens is 2. The van der Waals surface area contributed by atoms with Crippen molar-refractivity contribution in [3.05, 3.63) is 17.6 Å². The normalized spacial score (nSPS) is 20.0. The topological polar surface area (TPSA) is 58.1 Å². The second kappa shape index (κ2) is 7.28. The highest BCUT2D eigenvalue weighted by molar-refractivity contribution is 5.76. The van der Waals surface area contributed by atoms with Gasteiger partial charge < -0.3 is 10.2 Å². The van der Waals surface area contributed by atoms with Crippen LogP contribution in [-0.4, -0.2) is 35.0 Å². The molecule has 0 spiro atoms. The molecule has 2 heterocycles. The Kier molecular flexibility index (Phi) is 5.13. The van der Waals surface area contributed by atoms with E-state index in [0.717, 1.165) is 50.3 Å². The van der Waals surface area contributed by atoms with Crippen LogP contribution in [0.15, 0.2) is 6.33 Å². The van der Waals surface area contributed by atoms with Gasteiger partial charge in [-0.2, -0.15) is 0 Å². The molecule has 1 aromatic rings. The van der Waals surface area contributed by atoms with Crippen molar-refractivity contribution in [2.75, 3.05) is 18.0 Å². The van der Waals surface area contributed by atoms with E-state index in [4.69, 9.17) is 0 Å². The van der Waals surface area contributed by atoms with Crippen LogP contribution in [0.4, 0.5) is 5.82 Å². The minimum atomic E-state index is 0.254. The summed E-state index contributed by atoms with van der Waals surface area (Å²) in [5.41, 5.74) is 2.22. The molecule has 0 aromatic carbocycles. The van der Waals surface area contributed by atoms with Gasteiger partial charge in [-0.05, 0) is 45.4 Å². The van der Waals surface area contributed by atoms with E-state index in [-0.39, 0.29) is 5.91 Å². The molecule has 2 fully saturated rings. The summed E-state index contributed by atoms with van der Waals surface area (Å²) in [6.45, 7) is 6.09. The lowest BCUT2D eigenvalue weighted by Gasteiger charge is -2.33. The van der Waals surface area contributed by atoms with Gasteiger partial charge in [-0.25, -0.2) is 9.97 Å². The zero-order valence-corrected chi connectivity index (χ0v) is 14.3. The number of carbonyl (C=O) groups is 1. The molecule has 1 aliphatic carbocycles. The molecule has 5 nitrogen and oxygen atoms in total. The molecule has 0 atom stereocenters. The summed E-state index contributed by atoms with van der Waals surface area (Å²) in [6, 6.07) is 0.439. The van der Waals surface area contributed by atoms with Crippen molar-refractivity contribution in [1.29, 1.82) is 0 Å². The Morgan fingerprint density at radius 3 is 2.57 bits per heavy atom. The van der Waals surface area contributed by atoms with Gasteiger partial charge in [0.15, 0.2) is 0 Å². The fourth-order valence-electron chi connectivity index (χ4n) is 3.81. The largest absolute Gasteiger partial charge is 0.356 e. The van der Waals surface area contributed by atoms with Crippen molar-refractivity contribution < 1.29 is 4.79 Å². The van der Waals surface area contributed by atoms with Crippen molar-refractivity contribution in [3.8, 4) is 0 Å². The first-order valence-corrected chi connectivity index (χ1v) is 8.96. The van der Waals surface area contributed by atoms with Crippen LogP contribution in [0.1, 0.15) is 56.2 Å². The van der Waals surface area contributed by atoms with Gasteiger partial charge >= 0.3 is 0 Å². The molecule has 0 bridgehead atoms. The molecule has 1 amide bonds. The Labute approximate surface area is 138 Å². The fraction of sp³-hybridized carbons (Fsp3) is 0.722. The Balaban J connectivity index is 1.48.